The van der Waals surface area contributed by atoms with Crippen LogP contribution < -0.4 is 10.6 Å². The molecule has 0 aliphatic carbocycles. The van der Waals surface area contributed by atoms with E-state index in [1.54, 1.807) is 0 Å². The van der Waals surface area contributed by atoms with E-state index in [1.807, 2.05) is 26.0 Å². The highest BCUT2D eigenvalue weighted by molar-refractivity contribution is 6.34. The molecule has 18 heavy (non-hydrogen) atoms. The van der Waals surface area contributed by atoms with Crippen molar-refractivity contribution in [3.05, 3.63) is 28.3 Å². The van der Waals surface area contributed by atoms with E-state index in [1.165, 1.54) is 0 Å². The van der Waals surface area contributed by atoms with Gasteiger partial charge in [0, 0.05) is 0 Å². The van der Waals surface area contributed by atoms with Gasteiger partial charge in [-0.25, -0.2) is 0 Å². The summed E-state index contributed by atoms with van der Waals surface area (Å²) < 4.78 is 0. The van der Waals surface area contributed by atoms with E-state index in [2.05, 4.69) is 17.6 Å². The largest absolute Gasteiger partial charge is 0.323 e. The number of anilines is 1. The van der Waals surface area contributed by atoms with Crippen molar-refractivity contribution in [3.8, 4) is 0 Å². The zero-order valence-corrected chi connectivity index (χ0v) is 12.0. The Morgan fingerprint density at radius 3 is 2.67 bits per heavy atom. The third kappa shape index (κ3) is 4.67. The molecule has 0 heterocycles. The lowest BCUT2D eigenvalue weighted by Gasteiger charge is -2.12. The average Bonchev–Trinajstić information content (AvgIpc) is 2.29. The predicted octanol–water partition coefficient (Wildman–Crippen LogP) is 3.29. The Morgan fingerprint density at radius 1 is 1.33 bits per heavy atom. The molecular formula is C14H21ClN2O. The minimum atomic E-state index is -0.0556. The molecule has 2 N–H and O–H groups in total. The highest BCUT2D eigenvalue weighted by atomic mass is 35.5. The maximum atomic E-state index is 11.7. The molecule has 0 spiro atoms. The number of carbonyl (C=O) groups excluding carboxylic acids is 1. The lowest BCUT2D eigenvalue weighted by atomic mass is 10.1. The number of nitrogens with one attached hydrogen (secondary N) is 2. The standard InChI is InChI=1S/C14H21ClN2O/c1-4-5-6-16-9-13(18)17-14-11(3)7-10(2)8-12(14)15/h7-8,16H,4-6,9H2,1-3H3,(H,17,18). The van der Waals surface area contributed by atoms with Gasteiger partial charge in [-0.05, 0) is 44.0 Å². The second kappa shape index (κ2) is 7.39. The van der Waals surface area contributed by atoms with Gasteiger partial charge in [-0.3, -0.25) is 4.79 Å². The maximum Gasteiger partial charge on any atom is 0.238 e. The van der Waals surface area contributed by atoms with Crippen molar-refractivity contribution in [1.82, 2.24) is 5.32 Å². The van der Waals surface area contributed by atoms with Gasteiger partial charge in [0.05, 0.1) is 17.3 Å². The van der Waals surface area contributed by atoms with E-state index < -0.39 is 0 Å². The van der Waals surface area contributed by atoms with Crippen LogP contribution in [0.2, 0.25) is 5.02 Å². The Morgan fingerprint density at radius 2 is 2.06 bits per heavy atom. The van der Waals surface area contributed by atoms with Crippen LogP contribution in [0.25, 0.3) is 0 Å². The molecule has 0 radical (unpaired) electrons. The number of carbonyl (C=O) groups is 1. The molecule has 1 rings (SSSR count). The van der Waals surface area contributed by atoms with Gasteiger partial charge in [-0.2, -0.15) is 0 Å². The molecular weight excluding hydrogens is 248 g/mol. The van der Waals surface area contributed by atoms with Gasteiger partial charge in [0.1, 0.15) is 0 Å². The zero-order chi connectivity index (χ0) is 13.5. The third-order valence-corrected chi connectivity index (χ3v) is 2.99. The monoisotopic (exact) mass is 268 g/mol. The molecule has 3 nitrogen and oxygen atoms in total. The van der Waals surface area contributed by atoms with Crippen molar-refractivity contribution < 1.29 is 4.79 Å². The third-order valence-electron chi connectivity index (χ3n) is 2.69. The molecule has 100 valence electrons. The quantitative estimate of drug-likeness (QED) is 0.778. The summed E-state index contributed by atoms with van der Waals surface area (Å²) >= 11 is 6.13. The van der Waals surface area contributed by atoms with Crippen molar-refractivity contribution in [2.24, 2.45) is 0 Å². The number of halogens is 1. The molecule has 0 aromatic heterocycles. The van der Waals surface area contributed by atoms with Crippen LogP contribution in [0.3, 0.4) is 0 Å². The van der Waals surface area contributed by atoms with E-state index in [-0.39, 0.29) is 5.91 Å². The first-order valence-electron chi connectivity index (χ1n) is 6.32. The van der Waals surface area contributed by atoms with E-state index >= 15 is 0 Å². The lowest BCUT2D eigenvalue weighted by molar-refractivity contribution is -0.115. The number of aryl methyl sites for hydroxylation is 2. The van der Waals surface area contributed by atoms with Crippen molar-refractivity contribution in [2.75, 3.05) is 18.4 Å². The molecule has 0 atom stereocenters. The Bertz CT molecular complexity index is 395. The predicted molar refractivity (Wildman–Crippen MR) is 77.3 cm³/mol. The van der Waals surface area contributed by atoms with Crippen molar-refractivity contribution in [2.45, 2.75) is 33.6 Å². The molecule has 0 unspecified atom stereocenters. The summed E-state index contributed by atoms with van der Waals surface area (Å²) in [5.74, 6) is -0.0556. The number of benzene rings is 1. The molecule has 0 aliphatic rings. The molecule has 4 heteroatoms. The maximum absolute atomic E-state index is 11.7. The van der Waals surface area contributed by atoms with Gasteiger partial charge in [0.2, 0.25) is 5.91 Å². The van der Waals surface area contributed by atoms with Crippen molar-refractivity contribution in [1.29, 1.82) is 0 Å². The minimum absolute atomic E-state index is 0.0556. The second-order valence-corrected chi connectivity index (χ2v) is 4.92. The number of hydrogen-bond acceptors (Lipinski definition) is 2. The number of rotatable bonds is 6. The summed E-state index contributed by atoms with van der Waals surface area (Å²) in [6.07, 6.45) is 2.20. The topological polar surface area (TPSA) is 41.1 Å². The molecule has 1 aromatic rings. The molecule has 0 saturated heterocycles. The Labute approximate surface area is 114 Å². The number of hydrogen-bond donors (Lipinski definition) is 2. The van der Waals surface area contributed by atoms with E-state index in [9.17, 15) is 4.79 Å². The van der Waals surface area contributed by atoms with E-state index in [4.69, 9.17) is 11.6 Å². The first-order valence-corrected chi connectivity index (χ1v) is 6.69. The van der Waals surface area contributed by atoms with Gasteiger partial charge in [0.25, 0.3) is 0 Å². The van der Waals surface area contributed by atoms with Gasteiger partial charge in [-0.1, -0.05) is 31.0 Å². The molecule has 0 bridgehead atoms. The van der Waals surface area contributed by atoms with Crippen molar-refractivity contribution >= 4 is 23.2 Å². The number of amides is 1. The fourth-order valence-corrected chi connectivity index (χ4v) is 2.13. The second-order valence-electron chi connectivity index (χ2n) is 4.52. The van der Waals surface area contributed by atoms with Crippen LogP contribution in [0, 0.1) is 13.8 Å². The summed E-state index contributed by atoms with van der Waals surface area (Å²) in [6, 6.07) is 3.86. The summed E-state index contributed by atoms with van der Waals surface area (Å²) in [5.41, 5.74) is 2.79. The first kappa shape index (κ1) is 15.0. The lowest BCUT2D eigenvalue weighted by Crippen LogP contribution is -2.29. The van der Waals surface area contributed by atoms with Crippen LogP contribution in [-0.2, 0) is 4.79 Å². The van der Waals surface area contributed by atoms with Gasteiger partial charge in [0.15, 0.2) is 0 Å². The molecule has 0 fully saturated rings. The Kier molecular flexibility index (Phi) is 6.16. The number of unbranched alkanes of at least 4 members (excludes halogenated alkanes) is 1. The zero-order valence-electron chi connectivity index (χ0n) is 11.3. The van der Waals surface area contributed by atoms with Gasteiger partial charge < -0.3 is 10.6 Å². The molecule has 1 amide bonds. The Hall–Kier alpha value is -1.06. The smallest absolute Gasteiger partial charge is 0.238 e. The molecule has 0 aliphatic heterocycles. The normalized spacial score (nSPS) is 10.4. The fourth-order valence-electron chi connectivity index (χ4n) is 1.76. The fraction of sp³-hybridized carbons (Fsp3) is 0.500. The first-order chi connectivity index (χ1) is 8.54. The van der Waals surface area contributed by atoms with Crippen molar-refractivity contribution in [3.63, 3.8) is 0 Å². The van der Waals surface area contributed by atoms with E-state index in [0.717, 1.165) is 30.5 Å². The van der Waals surface area contributed by atoms with Crippen LogP contribution in [-0.4, -0.2) is 19.0 Å². The van der Waals surface area contributed by atoms with E-state index in [0.29, 0.717) is 17.3 Å². The average molecular weight is 269 g/mol. The molecule has 0 saturated carbocycles. The minimum Gasteiger partial charge on any atom is -0.323 e. The highest BCUT2D eigenvalue weighted by Gasteiger charge is 2.08. The van der Waals surface area contributed by atoms with Crippen LogP contribution in [0.4, 0.5) is 5.69 Å². The van der Waals surface area contributed by atoms with Gasteiger partial charge in [-0.15, -0.1) is 0 Å². The van der Waals surface area contributed by atoms with Crippen LogP contribution in [0.5, 0.6) is 0 Å². The SMILES string of the molecule is CCCCNCC(=O)Nc1c(C)cc(C)cc1Cl. The van der Waals surface area contributed by atoms with Crippen LogP contribution >= 0.6 is 11.6 Å². The summed E-state index contributed by atoms with van der Waals surface area (Å²) in [4.78, 5) is 11.7. The van der Waals surface area contributed by atoms with Crippen LogP contribution in [0.1, 0.15) is 30.9 Å². The summed E-state index contributed by atoms with van der Waals surface area (Å²) in [7, 11) is 0. The molecule has 1 aromatic carbocycles. The highest BCUT2D eigenvalue weighted by Crippen LogP contribution is 2.27. The van der Waals surface area contributed by atoms with Crippen LogP contribution in [0.15, 0.2) is 12.1 Å². The van der Waals surface area contributed by atoms with Gasteiger partial charge >= 0.3 is 0 Å². The summed E-state index contributed by atoms with van der Waals surface area (Å²) in [6.45, 7) is 7.24. The Balaban J connectivity index is 2.54. The summed E-state index contributed by atoms with van der Waals surface area (Å²) in [5, 5.41) is 6.54.